The predicted molar refractivity (Wildman–Crippen MR) is 45.8 cm³/mol. The molecule has 0 unspecified atom stereocenters. The molecule has 0 fully saturated rings. The molecule has 4 heteroatoms. The minimum absolute atomic E-state index is 0.114. The molecule has 0 atom stereocenters. The molecule has 1 rings (SSSR count). The van der Waals surface area contributed by atoms with Crippen molar-refractivity contribution in [2.45, 2.75) is 0 Å². The Kier molecular flexibility index (Phi) is 2.45. The Labute approximate surface area is 74.1 Å². The van der Waals surface area contributed by atoms with Crippen molar-refractivity contribution in [1.29, 1.82) is 5.41 Å². The van der Waals surface area contributed by atoms with Gasteiger partial charge in [-0.2, -0.15) is 0 Å². The van der Waals surface area contributed by atoms with Crippen molar-refractivity contribution in [3.63, 3.8) is 0 Å². The van der Waals surface area contributed by atoms with Crippen LogP contribution in [0.3, 0.4) is 0 Å². The van der Waals surface area contributed by atoms with Crippen molar-refractivity contribution < 1.29 is 9.90 Å². The Balaban J connectivity index is 3.11. The monoisotopic (exact) mass is 183 g/mol. The molecule has 0 aliphatic heterocycles. The van der Waals surface area contributed by atoms with E-state index in [4.69, 9.17) is 17.0 Å². The molecule has 0 heterocycles. The molecule has 62 valence electrons. The number of carbonyl (C=O) groups is 1. The number of phenolic OH excluding ortho intramolecular Hbond substituents is 1. The number of halogens is 1. The molecule has 3 nitrogen and oxygen atoms in total. The molecule has 1 aromatic carbocycles. The van der Waals surface area contributed by atoms with Gasteiger partial charge in [-0.1, -0.05) is 12.1 Å². The number of rotatable bonds is 2. The lowest BCUT2D eigenvalue weighted by atomic mass is 10.1. The Morgan fingerprint density at radius 1 is 1.42 bits per heavy atom. The maximum absolute atomic E-state index is 10.5. The molecule has 1 aromatic rings. The molecule has 0 saturated heterocycles. The topological polar surface area (TPSA) is 61.2 Å². The van der Waals surface area contributed by atoms with E-state index in [1.54, 1.807) is 12.1 Å². The first-order chi connectivity index (χ1) is 5.63. The summed E-state index contributed by atoms with van der Waals surface area (Å²) in [7, 11) is 0. The van der Waals surface area contributed by atoms with Crippen LogP contribution < -0.4 is 0 Å². The maximum Gasteiger partial charge on any atom is 0.270 e. The summed E-state index contributed by atoms with van der Waals surface area (Å²) in [5.74, 6) is -0.114. The van der Waals surface area contributed by atoms with Crippen molar-refractivity contribution in [3.8, 4) is 5.75 Å². The van der Waals surface area contributed by atoms with Crippen LogP contribution in [0.2, 0.25) is 0 Å². The van der Waals surface area contributed by atoms with Crippen molar-refractivity contribution in [2.75, 3.05) is 0 Å². The van der Waals surface area contributed by atoms with Gasteiger partial charge in [-0.15, -0.1) is 0 Å². The fourth-order valence-electron chi connectivity index (χ4n) is 0.791. The van der Waals surface area contributed by atoms with E-state index >= 15 is 0 Å². The van der Waals surface area contributed by atoms with Crippen LogP contribution in [0.4, 0.5) is 0 Å². The number of hydrogen-bond acceptors (Lipinski definition) is 3. The Morgan fingerprint density at radius 2 is 2.00 bits per heavy atom. The van der Waals surface area contributed by atoms with Gasteiger partial charge in [0.2, 0.25) is 0 Å². The third-order valence-electron chi connectivity index (χ3n) is 1.37. The summed E-state index contributed by atoms with van der Waals surface area (Å²) in [6, 6.07) is 6.07. The number of hydrogen-bond donors (Lipinski definition) is 2. The van der Waals surface area contributed by atoms with Gasteiger partial charge < -0.3 is 5.11 Å². The van der Waals surface area contributed by atoms with E-state index in [1.165, 1.54) is 12.1 Å². The van der Waals surface area contributed by atoms with E-state index in [1.807, 2.05) is 0 Å². The van der Waals surface area contributed by atoms with Gasteiger partial charge in [-0.3, -0.25) is 10.2 Å². The molecular formula is C8H6ClNO2. The second kappa shape index (κ2) is 3.36. The summed E-state index contributed by atoms with van der Waals surface area (Å²) in [6.45, 7) is 0. The molecule has 0 aromatic heterocycles. The van der Waals surface area contributed by atoms with Crippen LogP contribution in [0.5, 0.6) is 5.75 Å². The zero-order chi connectivity index (χ0) is 9.14. The van der Waals surface area contributed by atoms with Crippen LogP contribution in [0.15, 0.2) is 24.3 Å². The van der Waals surface area contributed by atoms with Gasteiger partial charge in [0, 0.05) is 5.56 Å². The van der Waals surface area contributed by atoms with Gasteiger partial charge >= 0.3 is 0 Å². The molecule has 12 heavy (non-hydrogen) atoms. The number of carbonyl (C=O) groups excluding carboxylic acids is 1. The van der Waals surface area contributed by atoms with Crippen molar-refractivity contribution in [2.24, 2.45) is 0 Å². The smallest absolute Gasteiger partial charge is 0.270 e. The molecule has 2 N–H and O–H groups in total. The fraction of sp³-hybridized carbons (Fsp3) is 0. The van der Waals surface area contributed by atoms with Gasteiger partial charge in [-0.25, -0.2) is 0 Å². The summed E-state index contributed by atoms with van der Waals surface area (Å²) in [5, 5.41) is 15.5. The molecule has 0 radical (unpaired) electrons. The van der Waals surface area contributed by atoms with E-state index in [0.717, 1.165) is 0 Å². The first kappa shape index (κ1) is 8.74. The van der Waals surface area contributed by atoms with Crippen LogP contribution in [0, 0.1) is 5.41 Å². The lowest BCUT2D eigenvalue weighted by molar-refractivity contribution is -0.106. The van der Waals surface area contributed by atoms with Gasteiger partial charge in [0.1, 0.15) is 11.5 Å². The summed E-state index contributed by atoms with van der Waals surface area (Å²) < 4.78 is 0. The van der Waals surface area contributed by atoms with Crippen LogP contribution in [-0.4, -0.2) is 16.1 Å². The van der Waals surface area contributed by atoms with Crippen LogP contribution in [-0.2, 0) is 4.79 Å². The maximum atomic E-state index is 10.5. The molecule has 0 aliphatic rings. The minimum atomic E-state index is -0.878. The first-order valence-corrected chi connectivity index (χ1v) is 3.57. The number of nitrogens with one attached hydrogen (secondary N) is 1. The van der Waals surface area contributed by atoms with Crippen molar-refractivity contribution >= 4 is 22.6 Å². The Morgan fingerprint density at radius 3 is 2.50 bits per heavy atom. The molecule has 0 amide bonds. The van der Waals surface area contributed by atoms with Crippen molar-refractivity contribution in [3.05, 3.63) is 29.8 Å². The average molecular weight is 184 g/mol. The third-order valence-corrected chi connectivity index (χ3v) is 1.56. The third kappa shape index (κ3) is 1.62. The lowest BCUT2D eigenvalue weighted by Gasteiger charge is -2.00. The Bertz CT molecular complexity index is 336. The van der Waals surface area contributed by atoms with Crippen LogP contribution >= 0.6 is 11.6 Å². The molecule has 0 bridgehead atoms. The van der Waals surface area contributed by atoms with E-state index in [-0.39, 0.29) is 11.3 Å². The molecule has 0 saturated carbocycles. The lowest BCUT2D eigenvalue weighted by Crippen LogP contribution is -2.07. The second-order valence-corrected chi connectivity index (χ2v) is 2.51. The van der Waals surface area contributed by atoms with E-state index in [0.29, 0.717) is 0 Å². The largest absolute Gasteiger partial charge is 0.507 e. The number of para-hydroxylation sites is 1. The summed E-state index contributed by atoms with van der Waals surface area (Å²) in [4.78, 5) is 10.5. The highest BCUT2D eigenvalue weighted by Crippen LogP contribution is 2.16. The summed E-state index contributed by atoms with van der Waals surface area (Å²) in [5.41, 5.74) is -0.243. The standard InChI is InChI=1S/C8H6ClNO2/c9-8(12)7(10)5-3-1-2-4-6(5)11/h1-4,10-11H. The molecule has 0 spiro atoms. The van der Waals surface area contributed by atoms with E-state index in [2.05, 4.69) is 0 Å². The summed E-state index contributed by atoms with van der Waals surface area (Å²) in [6.07, 6.45) is 0. The van der Waals surface area contributed by atoms with Gasteiger partial charge in [-0.05, 0) is 23.7 Å². The fourth-order valence-corrected chi connectivity index (χ4v) is 0.893. The Hall–Kier alpha value is -1.35. The zero-order valence-corrected chi connectivity index (χ0v) is 6.80. The van der Waals surface area contributed by atoms with Crippen LogP contribution in [0.1, 0.15) is 5.56 Å². The summed E-state index contributed by atoms with van der Waals surface area (Å²) >= 11 is 5.06. The number of phenols is 1. The average Bonchev–Trinajstić information content (AvgIpc) is 2.04. The SMILES string of the molecule is N=C(C(=O)Cl)c1ccccc1O. The van der Waals surface area contributed by atoms with Gasteiger partial charge in [0.25, 0.3) is 5.24 Å². The number of aromatic hydroxyl groups is 1. The first-order valence-electron chi connectivity index (χ1n) is 3.19. The second-order valence-electron chi connectivity index (χ2n) is 2.17. The van der Waals surface area contributed by atoms with E-state index in [9.17, 15) is 9.90 Å². The predicted octanol–water partition coefficient (Wildman–Crippen LogP) is 1.53. The minimum Gasteiger partial charge on any atom is -0.507 e. The quantitative estimate of drug-likeness (QED) is 0.540. The number of benzene rings is 1. The highest BCUT2D eigenvalue weighted by Gasteiger charge is 2.11. The van der Waals surface area contributed by atoms with Crippen LogP contribution in [0.25, 0.3) is 0 Å². The van der Waals surface area contributed by atoms with Crippen molar-refractivity contribution in [1.82, 2.24) is 0 Å². The highest BCUT2D eigenvalue weighted by atomic mass is 35.5. The zero-order valence-electron chi connectivity index (χ0n) is 6.04. The molecular weight excluding hydrogens is 178 g/mol. The normalized spacial score (nSPS) is 9.42. The van der Waals surface area contributed by atoms with E-state index < -0.39 is 11.0 Å². The molecule has 0 aliphatic carbocycles. The van der Waals surface area contributed by atoms with Gasteiger partial charge in [0.05, 0.1) is 0 Å². The highest BCUT2D eigenvalue weighted by molar-refractivity contribution is 6.83. The van der Waals surface area contributed by atoms with Gasteiger partial charge in [0.15, 0.2) is 0 Å².